The van der Waals surface area contributed by atoms with E-state index in [1.807, 2.05) is 0 Å². The molecule has 21 heavy (non-hydrogen) atoms. The third kappa shape index (κ3) is 3.30. The third-order valence-electron chi connectivity index (χ3n) is 2.61. The summed E-state index contributed by atoms with van der Waals surface area (Å²) in [6.45, 7) is 1.65. The van der Waals surface area contributed by atoms with E-state index in [1.165, 1.54) is 19.2 Å². The van der Waals surface area contributed by atoms with Gasteiger partial charge in [-0.05, 0) is 19.1 Å². The summed E-state index contributed by atoms with van der Waals surface area (Å²) in [6, 6.07) is 3.41. The maximum absolute atomic E-state index is 12.9. The van der Waals surface area contributed by atoms with Crippen LogP contribution in [0.5, 0.6) is 0 Å². The molecule has 0 atom stereocenters. The normalized spacial score (nSPS) is 11.3. The Morgan fingerprint density at radius 3 is 2.57 bits per heavy atom. The number of aryl methyl sites for hydroxylation is 1. The number of carbonyl (C=O) groups excluding carboxylic acids is 1. The molecule has 0 fully saturated rings. The molecule has 0 aliphatic rings. The zero-order valence-corrected chi connectivity index (χ0v) is 11.9. The van der Waals surface area contributed by atoms with Gasteiger partial charge >= 0.3 is 6.18 Å². The first-order valence-corrected chi connectivity index (χ1v) is 6.60. The van der Waals surface area contributed by atoms with E-state index in [9.17, 15) is 18.0 Å². The van der Waals surface area contributed by atoms with Crippen LogP contribution in [0.4, 0.5) is 24.0 Å². The van der Waals surface area contributed by atoms with Gasteiger partial charge < -0.3 is 5.32 Å². The predicted molar refractivity (Wildman–Crippen MR) is 73.6 cm³/mol. The van der Waals surface area contributed by atoms with Crippen molar-refractivity contribution in [3.05, 3.63) is 35.2 Å². The van der Waals surface area contributed by atoms with Crippen LogP contribution < -0.4 is 10.6 Å². The molecule has 2 N–H and O–H groups in total. The summed E-state index contributed by atoms with van der Waals surface area (Å²) >= 11 is 0.960. The lowest BCUT2D eigenvalue weighted by molar-refractivity contribution is -0.136. The number of alkyl halides is 3. The first-order chi connectivity index (χ1) is 9.82. The summed E-state index contributed by atoms with van der Waals surface area (Å²) in [7, 11) is 1.33. The average molecular weight is 316 g/mol. The Kier molecular flexibility index (Phi) is 4.12. The number of hydrogen-bond acceptors (Lipinski definition) is 5. The van der Waals surface area contributed by atoms with Gasteiger partial charge in [0.05, 0.1) is 16.8 Å². The molecule has 0 saturated heterocycles. The fourth-order valence-corrected chi connectivity index (χ4v) is 2.33. The van der Waals surface area contributed by atoms with Crippen LogP contribution in [0.15, 0.2) is 18.2 Å². The van der Waals surface area contributed by atoms with Crippen LogP contribution in [-0.4, -0.2) is 22.3 Å². The fourth-order valence-electron chi connectivity index (χ4n) is 1.76. The van der Waals surface area contributed by atoms with Gasteiger partial charge in [-0.3, -0.25) is 10.1 Å². The van der Waals surface area contributed by atoms with Gasteiger partial charge in [-0.1, -0.05) is 6.07 Å². The third-order valence-corrected chi connectivity index (χ3v) is 3.33. The van der Waals surface area contributed by atoms with Crippen LogP contribution in [0.1, 0.15) is 21.7 Å². The number of halogens is 3. The van der Waals surface area contributed by atoms with Crippen molar-refractivity contribution in [1.82, 2.24) is 9.36 Å². The topological polar surface area (TPSA) is 66.9 Å². The second-order valence-corrected chi connectivity index (χ2v) is 4.83. The van der Waals surface area contributed by atoms with Crippen molar-refractivity contribution < 1.29 is 18.0 Å². The molecule has 9 heteroatoms. The number of hydrogen-bond donors (Lipinski definition) is 2. The highest BCUT2D eigenvalue weighted by Crippen LogP contribution is 2.36. The summed E-state index contributed by atoms with van der Waals surface area (Å²) in [5.41, 5.74) is -1.28. The molecule has 1 aromatic heterocycles. The summed E-state index contributed by atoms with van der Waals surface area (Å²) < 4.78 is 42.6. The van der Waals surface area contributed by atoms with Crippen LogP contribution in [0.2, 0.25) is 0 Å². The van der Waals surface area contributed by atoms with Gasteiger partial charge in [-0.25, -0.2) is 4.98 Å². The minimum Gasteiger partial charge on any atom is -0.387 e. The van der Waals surface area contributed by atoms with E-state index in [0.29, 0.717) is 5.82 Å². The molecule has 1 amide bonds. The molecule has 0 spiro atoms. The second-order valence-electron chi connectivity index (χ2n) is 4.08. The molecule has 1 heterocycles. The Morgan fingerprint density at radius 2 is 2.05 bits per heavy atom. The number of rotatable bonds is 3. The van der Waals surface area contributed by atoms with E-state index < -0.39 is 17.6 Å². The maximum atomic E-state index is 12.9. The number of para-hydroxylation sites is 1. The highest BCUT2D eigenvalue weighted by Gasteiger charge is 2.35. The van der Waals surface area contributed by atoms with Crippen LogP contribution in [-0.2, 0) is 6.18 Å². The maximum Gasteiger partial charge on any atom is 0.418 e. The number of amides is 1. The minimum absolute atomic E-state index is 0.111. The van der Waals surface area contributed by atoms with Crippen molar-refractivity contribution in [2.24, 2.45) is 0 Å². The molecular formula is C12H11F3N4OS. The largest absolute Gasteiger partial charge is 0.418 e. The van der Waals surface area contributed by atoms with Crippen molar-refractivity contribution in [2.45, 2.75) is 13.1 Å². The summed E-state index contributed by atoms with van der Waals surface area (Å²) in [4.78, 5) is 16.0. The number of carbonyl (C=O) groups is 1. The molecule has 2 rings (SSSR count). The van der Waals surface area contributed by atoms with Crippen molar-refractivity contribution in [3.8, 4) is 0 Å². The summed E-state index contributed by atoms with van der Waals surface area (Å²) in [5, 5.41) is 5.09. The summed E-state index contributed by atoms with van der Waals surface area (Å²) in [6.07, 6.45) is -4.55. The minimum atomic E-state index is -4.55. The SMILES string of the molecule is CNc1c(C(=O)Nc2nc(C)ns2)cccc1C(F)(F)F. The Hall–Kier alpha value is -2.16. The number of nitrogens with one attached hydrogen (secondary N) is 2. The van der Waals surface area contributed by atoms with Gasteiger partial charge in [0.1, 0.15) is 5.82 Å². The molecule has 0 aliphatic heterocycles. The molecule has 0 saturated carbocycles. The highest BCUT2D eigenvalue weighted by atomic mass is 32.1. The molecule has 5 nitrogen and oxygen atoms in total. The van der Waals surface area contributed by atoms with E-state index in [4.69, 9.17) is 0 Å². The zero-order valence-electron chi connectivity index (χ0n) is 11.1. The van der Waals surface area contributed by atoms with Gasteiger partial charge in [0.15, 0.2) is 0 Å². The standard InChI is InChI=1S/C12H11F3N4OS/c1-6-17-11(21-19-6)18-10(20)7-4-3-5-8(9(7)16-2)12(13,14)15/h3-5,16H,1-2H3,(H,17,18,19,20). The Bertz CT molecular complexity index is 669. The van der Waals surface area contributed by atoms with Gasteiger partial charge in [-0.2, -0.15) is 17.5 Å². The first-order valence-electron chi connectivity index (χ1n) is 5.82. The number of aromatic nitrogens is 2. The Balaban J connectivity index is 2.37. The van der Waals surface area contributed by atoms with E-state index in [-0.39, 0.29) is 16.4 Å². The Labute approximate surface area is 122 Å². The lowest BCUT2D eigenvalue weighted by Crippen LogP contribution is -2.17. The van der Waals surface area contributed by atoms with Crippen LogP contribution in [0.3, 0.4) is 0 Å². The fraction of sp³-hybridized carbons (Fsp3) is 0.250. The number of benzene rings is 1. The molecule has 0 radical (unpaired) electrons. The van der Waals surface area contributed by atoms with E-state index >= 15 is 0 Å². The van der Waals surface area contributed by atoms with Crippen LogP contribution >= 0.6 is 11.5 Å². The van der Waals surface area contributed by atoms with Gasteiger partial charge in [0, 0.05) is 18.6 Å². The van der Waals surface area contributed by atoms with Crippen molar-refractivity contribution in [2.75, 3.05) is 17.7 Å². The van der Waals surface area contributed by atoms with Crippen LogP contribution in [0.25, 0.3) is 0 Å². The van der Waals surface area contributed by atoms with Crippen molar-refractivity contribution in [3.63, 3.8) is 0 Å². The molecule has 2 aromatic rings. The van der Waals surface area contributed by atoms with Gasteiger partial charge in [0.25, 0.3) is 5.91 Å². The molecule has 0 bridgehead atoms. The Morgan fingerprint density at radius 1 is 1.33 bits per heavy atom. The van der Waals surface area contributed by atoms with E-state index in [2.05, 4.69) is 20.0 Å². The van der Waals surface area contributed by atoms with E-state index in [0.717, 1.165) is 17.6 Å². The molecule has 0 aliphatic carbocycles. The van der Waals surface area contributed by atoms with Gasteiger partial charge in [0.2, 0.25) is 5.13 Å². The van der Waals surface area contributed by atoms with Crippen molar-refractivity contribution in [1.29, 1.82) is 0 Å². The number of nitrogens with zero attached hydrogens (tertiary/aromatic N) is 2. The quantitative estimate of drug-likeness (QED) is 0.913. The molecule has 112 valence electrons. The second kappa shape index (κ2) is 5.68. The smallest absolute Gasteiger partial charge is 0.387 e. The predicted octanol–water partition coefficient (Wildman–Crippen LogP) is 3.16. The number of anilines is 2. The molecular weight excluding hydrogens is 305 g/mol. The lowest BCUT2D eigenvalue weighted by Gasteiger charge is -2.15. The van der Waals surface area contributed by atoms with Crippen molar-refractivity contribution >= 4 is 28.3 Å². The molecule has 1 aromatic carbocycles. The van der Waals surface area contributed by atoms with Crippen LogP contribution in [0, 0.1) is 6.92 Å². The monoisotopic (exact) mass is 316 g/mol. The lowest BCUT2D eigenvalue weighted by atomic mass is 10.1. The van der Waals surface area contributed by atoms with E-state index in [1.54, 1.807) is 6.92 Å². The molecule has 0 unspecified atom stereocenters. The average Bonchev–Trinajstić information content (AvgIpc) is 2.82. The highest BCUT2D eigenvalue weighted by molar-refractivity contribution is 7.09. The first kappa shape index (κ1) is 15.2. The summed E-state index contributed by atoms with van der Waals surface area (Å²) in [5.74, 6) is -0.199. The zero-order chi connectivity index (χ0) is 15.6. The van der Waals surface area contributed by atoms with Gasteiger partial charge in [-0.15, -0.1) is 0 Å².